The second-order valence-corrected chi connectivity index (χ2v) is 13.7. The molecule has 0 spiro atoms. The molecule has 13 nitrogen and oxygen atoms in total. The van der Waals surface area contributed by atoms with Crippen molar-refractivity contribution in [2.45, 2.75) is 76.1 Å². The Bertz CT molecular complexity index is 1640. The Morgan fingerprint density at radius 3 is 2.44 bits per heavy atom. The molecule has 2 saturated heterocycles. The number of methoxy groups -OCH3 is 1. The number of aliphatic hydroxyl groups excluding tert-OH is 4. The molecule has 276 valence electrons. The SMILES string of the molecule is COCCOCc1cc(C(F)(F)F)cc2sc(NC(=O)c3cc(Cl)cc(CN4C[C@@H](C)O[C@@H](C)C4)c3O[C@@H]3O[C@H](CO)[C@@H](O)[C@H](O)[C@H]3O)nc12. The summed E-state index contributed by atoms with van der Waals surface area (Å²) in [6, 6.07) is 4.75. The highest BCUT2D eigenvalue weighted by molar-refractivity contribution is 7.22. The lowest BCUT2D eigenvalue weighted by Crippen LogP contribution is -2.60. The Morgan fingerprint density at radius 2 is 1.78 bits per heavy atom. The number of fused-ring (bicyclic) bond motifs is 1. The molecule has 2 aliphatic rings. The number of hydrogen-bond donors (Lipinski definition) is 5. The Hall–Kier alpha value is -2.68. The van der Waals surface area contributed by atoms with E-state index in [0.717, 1.165) is 23.5 Å². The Balaban J connectivity index is 1.51. The molecule has 0 aliphatic carbocycles. The normalized spacial score (nSPS) is 26.3. The van der Waals surface area contributed by atoms with E-state index < -0.39 is 55.0 Å². The van der Waals surface area contributed by atoms with Gasteiger partial charge in [0.05, 0.1) is 60.0 Å². The second-order valence-electron chi connectivity index (χ2n) is 12.2. The largest absolute Gasteiger partial charge is 0.461 e. The lowest BCUT2D eigenvalue weighted by molar-refractivity contribution is -0.277. The van der Waals surface area contributed by atoms with E-state index in [1.807, 2.05) is 18.7 Å². The molecule has 0 radical (unpaired) electrons. The minimum atomic E-state index is -4.65. The number of halogens is 4. The third-order valence-corrected chi connectivity index (χ3v) is 9.29. The smallest absolute Gasteiger partial charge is 0.416 e. The molecule has 5 N–H and O–H groups in total. The number of anilines is 1. The Morgan fingerprint density at radius 1 is 1.06 bits per heavy atom. The molecule has 3 heterocycles. The van der Waals surface area contributed by atoms with Crippen molar-refractivity contribution in [3.05, 3.63) is 51.5 Å². The van der Waals surface area contributed by atoms with Gasteiger partial charge in [-0.1, -0.05) is 22.9 Å². The molecular weight excluding hydrogens is 711 g/mol. The molecule has 2 aliphatic heterocycles. The predicted molar refractivity (Wildman–Crippen MR) is 175 cm³/mol. The maximum Gasteiger partial charge on any atom is 0.416 e. The number of rotatable bonds is 12. The van der Waals surface area contributed by atoms with Crippen LogP contribution in [-0.2, 0) is 38.3 Å². The van der Waals surface area contributed by atoms with Crippen LogP contribution >= 0.6 is 22.9 Å². The van der Waals surface area contributed by atoms with E-state index >= 15 is 0 Å². The maximum atomic E-state index is 14.0. The number of benzene rings is 2. The first-order valence-corrected chi connectivity index (χ1v) is 16.9. The minimum absolute atomic E-state index is 0.0291. The van der Waals surface area contributed by atoms with Crippen molar-refractivity contribution in [3.8, 4) is 5.75 Å². The number of nitrogens with zero attached hydrogens (tertiary/aromatic N) is 2. The van der Waals surface area contributed by atoms with Gasteiger partial charge < -0.3 is 44.1 Å². The summed E-state index contributed by atoms with van der Waals surface area (Å²) in [5.41, 5.74) is -0.282. The number of aromatic nitrogens is 1. The number of morpholine rings is 1. The molecule has 5 rings (SSSR count). The molecule has 18 heteroatoms. The van der Waals surface area contributed by atoms with Crippen molar-refractivity contribution >= 4 is 44.2 Å². The lowest BCUT2D eigenvalue weighted by Gasteiger charge is -2.40. The standard InChI is InChI=1S/C32H39ClF3N3O10S/c1-15-10-39(11-16(2)47-15)12-17-7-20(33)9-21(28(17)49-30-27(43)26(42)25(41)22(13-40)48-30)29(44)38-31-37-24-18(14-46-5-4-45-3)6-19(32(34,35)36)8-23(24)50-31/h6-9,15-16,22,25-27,30,40-43H,4-5,10-14H2,1-3H3,(H,37,38,44)/t15-,16+,22-,25-,26+,27-,30+/m1/s1. The van der Waals surface area contributed by atoms with Crippen LogP contribution in [0, 0.1) is 0 Å². The molecule has 7 atom stereocenters. The fourth-order valence-corrected chi connectivity index (χ4v) is 7.11. The van der Waals surface area contributed by atoms with Gasteiger partial charge in [-0.25, -0.2) is 4.98 Å². The number of amides is 1. The molecule has 0 saturated carbocycles. The van der Waals surface area contributed by atoms with E-state index in [4.69, 9.17) is 35.3 Å². The number of aliphatic hydroxyl groups is 4. The highest BCUT2D eigenvalue weighted by Crippen LogP contribution is 2.38. The fraction of sp³-hybridized carbons (Fsp3) is 0.562. The molecule has 0 bridgehead atoms. The maximum absolute atomic E-state index is 14.0. The average molecular weight is 750 g/mol. The van der Waals surface area contributed by atoms with Crippen molar-refractivity contribution in [2.75, 3.05) is 45.3 Å². The number of hydrogen-bond acceptors (Lipinski definition) is 13. The van der Waals surface area contributed by atoms with Crippen LogP contribution in [0.25, 0.3) is 10.2 Å². The van der Waals surface area contributed by atoms with E-state index in [1.54, 1.807) is 6.07 Å². The summed E-state index contributed by atoms with van der Waals surface area (Å²) in [6.45, 7) is 4.57. The quantitative estimate of drug-likeness (QED) is 0.172. The number of thiazole rings is 1. The molecule has 3 aromatic rings. The first-order valence-electron chi connectivity index (χ1n) is 15.7. The first-order chi connectivity index (χ1) is 23.7. The molecule has 1 aromatic heterocycles. The van der Waals surface area contributed by atoms with E-state index in [-0.39, 0.29) is 75.8 Å². The Labute approximate surface area is 294 Å². The van der Waals surface area contributed by atoms with E-state index in [1.165, 1.54) is 13.2 Å². The highest BCUT2D eigenvalue weighted by atomic mass is 35.5. The number of carbonyl (C=O) groups excluding carboxylic acids is 1. The molecular formula is C32H39ClF3N3O10S. The minimum Gasteiger partial charge on any atom is -0.461 e. The lowest BCUT2D eigenvalue weighted by atomic mass is 9.99. The van der Waals surface area contributed by atoms with Crippen LogP contribution in [0.5, 0.6) is 5.75 Å². The molecule has 50 heavy (non-hydrogen) atoms. The van der Waals surface area contributed by atoms with Crippen LogP contribution in [0.2, 0.25) is 5.02 Å². The van der Waals surface area contributed by atoms with E-state index in [0.29, 0.717) is 18.7 Å². The monoisotopic (exact) mass is 749 g/mol. The summed E-state index contributed by atoms with van der Waals surface area (Å²) in [7, 11) is 1.47. The van der Waals surface area contributed by atoms with E-state index in [9.17, 15) is 38.4 Å². The summed E-state index contributed by atoms with van der Waals surface area (Å²) in [5.74, 6) is -0.888. The van der Waals surface area contributed by atoms with E-state index in [2.05, 4.69) is 10.3 Å². The van der Waals surface area contributed by atoms with Gasteiger partial charge in [-0.3, -0.25) is 15.0 Å². The van der Waals surface area contributed by atoms with Crippen molar-refractivity contribution in [3.63, 3.8) is 0 Å². The first kappa shape index (κ1) is 38.5. The van der Waals surface area contributed by atoms with Gasteiger partial charge in [0.15, 0.2) is 5.13 Å². The summed E-state index contributed by atoms with van der Waals surface area (Å²) in [6.07, 6.45) is -13.0. The van der Waals surface area contributed by atoms with Crippen molar-refractivity contribution in [2.24, 2.45) is 0 Å². The number of carbonyl (C=O) groups is 1. The zero-order valence-electron chi connectivity index (χ0n) is 27.4. The van der Waals surface area contributed by atoms with Gasteiger partial charge in [-0.05, 0) is 38.1 Å². The fourth-order valence-electron chi connectivity index (χ4n) is 5.93. The number of alkyl halides is 3. The summed E-state index contributed by atoms with van der Waals surface area (Å²) in [5, 5.41) is 43.9. The molecule has 1 amide bonds. The zero-order valence-corrected chi connectivity index (χ0v) is 28.9. The number of nitrogens with one attached hydrogen (secondary N) is 1. The highest BCUT2D eigenvalue weighted by Gasteiger charge is 2.45. The summed E-state index contributed by atoms with van der Waals surface area (Å²) < 4.78 is 69.4. The molecule has 0 unspecified atom stereocenters. The van der Waals surface area contributed by atoms with Gasteiger partial charge in [0.25, 0.3) is 5.91 Å². The zero-order chi connectivity index (χ0) is 36.3. The topological polar surface area (TPSA) is 172 Å². The van der Waals surface area contributed by atoms with Crippen molar-refractivity contribution in [1.82, 2.24) is 9.88 Å². The van der Waals surface area contributed by atoms with Crippen molar-refractivity contribution in [1.29, 1.82) is 0 Å². The third-order valence-electron chi connectivity index (χ3n) is 8.16. The Kier molecular flexibility index (Phi) is 12.6. The van der Waals surface area contributed by atoms with Crippen LogP contribution in [0.4, 0.5) is 18.3 Å². The van der Waals surface area contributed by atoms with Crippen LogP contribution in [-0.4, -0.2) is 119 Å². The van der Waals surface area contributed by atoms with Crippen LogP contribution in [0.1, 0.15) is 40.9 Å². The van der Waals surface area contributed by atoms with Crippen LogP contribution in [0.15, 0.2) is 24.3 Å². The van der Waals surface area contributed by atoms with Crippen molar-refractivity contribution < 1.29 is 62.1 Å². The van der Waals surface area contributed by atoms with Gasteiger partial charge in [-0.15, -0.1) is 0 Å². The van der Waals surface area contributed by atoms with Crippen LogP contribution < -0.4 is 10.1 Å². The number of ether oxygens (including phenoxy) is 5. The van der Waals surface area contributed by atoms with Gasteiger partial charge in [0.2, 0.25) is 6.29 Å². The van der Waals surface area contributed by atoms with Gasteiger partial charge in [0, 0.05) is 42.9 Å². The van der Waals surface area contributed by atoms with Gasteiger partial charge >= 0.3 is 6.18 Å². The predicted octanol–water partition coefficient (Wildman–Crippen LogP) is 3.17. The average Bonchev–Trinajstić information content (AvgIpc) is 3.45. The second kappa shape index (κ2) is 16.3. The molecule has 2 fully saturated rings. The van der Waals surface area contributed by atoms with Crippen LogP contribution in [0.3, 0.4) is 0 Å². The van der Waals surface area contributed by atoms with Gasteiger partial charge in [0.1, 0.15) is 30.2 Å². The van der Waals surface area contributed by atoms with Gasteiger partial charge in [-0.2, -0.15) is 13.2 Å². The molecule has 2 aromatic carbocycles. The summed E-state index contributed by atoms with van der Waals surface area (Å²) in [4.78, 5) is 20.4. The third kappa shape index (κ3) is 9.02. The summed E-state index contributed by atoms with van der Waals surface area (Å²) >= 11 is 7.33.